The van der Waals surface area contributed by atoms with Gasteiger partial charge in [-0.25, -0.2) is 4.57 Å². The van der Waals surface area contributed by atoms with Crippen LogP contribution >= 0.6 is 7.82 Å². The summed E-state index contributed by atoms with van der Waals surface area (Å²) in [6.45, 7) is 6.76. The Morgan fingerprint density at radius 1 is 0.474 bits per heavy atom. The molecule has 0 aromatic heterocycles. The first-order chi connectivity index (χ1) is 36.9. The SMILES string of the molecule is CC/C=C\C/C=C\C/C=C\C/C=C\C/C=C\C/C=C\CCCCCCCCC(=O)OC(/C=C\CCCCCCCCCCC)C(COP(=O)(O)OCC[N+](C)(C)C)NC(=O)CCCCCCCCC/C=C/C/C=C/CC. The Kier molecular flexibility index (Phi) is 52.6. The predicted molar refractivity (Wildman–Crippen MR) is 327 cm³/mol. The highest BCUT2D eigenvalue weighted by molar-refractivity contribution is 7.47. The molecule has 0 fully saturated rings. The Labute approximate surface area is 468 Å². The van der Waals surface area contributed by atoms with E-state index in [0.717, 1.165) is 141 Å². The summed E-state index contributed by atoms with van der Waals surface area (Å²) in [6, 6.07) is -0.865. The van der Waals surface area contributed by atoms with Crippen LogP contribution in [0, 0.1) is 0 Å². The van der Waals surface area contributed by atoms with Gasteiger partial charge in [-0.2, -0.15) is 0 Å². The third-order valence-electron chi connectivity index (χ3n) is 13.0. The number of quaternary nitrogens is 1. The third-order valence-corrected chi connectivity index (χ3v) is 13.9. The molecule has 0 aliphatic rings. The van der Waals surface area contributed by atoms with Crippen molar-refractivity contribution in [1.82, 2.24) is 5.32 Å². The van der Waals surface area contributed by atoms with Gasteiger partial charge in [0, 0.05) is 12.8 Å². The van der Waals surface area contributed by atoms with Gasteiger partial charge in [0.1, 0.15) is 19.3 Å². The number of ether oxygens (including phenoxy) is 1. The molecule has 0 aromatic carbocycles. The minimum Gasteiger partial charge on any atom is -0.456 e. The van der Waals surface area contributed by atoms with Crippen LogP contribution in [0.25, 0.3) is 0 Å². The Morgan fingerprint density at radius 2 is 0.842 bits per heavy atom. The molecule has 3 unspecified atom stereocenters. The Morgan fingerprint density at radius 3 is 1.26 bits per heavy atom. The minimum absolute atomic E-state index is 0.0306. The number of rotatable bonds is 54. The zero-order valence-electron chi connectivity index (χ0n) is 49.7. The highest BCUT2D eigenvalue weighted by Crippen LogP contribution is 2.43. The van der Waals surface area contributed by atoms with Gasteiger partial charge in [-0.15, -0.1) is 0 Å². The zero-order chi connectivity index (χ0) is 55.7. The molecule has 0 saturated heterocycles. The van der Waals surface area contributed by atoms with Gasteiger partial charge in [0.25, 0.3) is 0 Å². The second-order valence-corrected chi connectivity index (χ2v) is 22.9. The van der Waals surface area contributed by atoms with Crippen LogP contribution in [0.4, 0.5) is 0 Å². The summed E-state index contributed by atoms with van der Waals surface area (Å²) in [5.41, 5.74) is 0. The van der Waals surface area contributed by atoms with Crippen molar-refractivity contribution in [2.75, 3.05) is 40.9 Å². The zero-order valence-corrected chi connectivity index (χ0v) is 50.6. The molecule has 0 heterocycles. The molecule has 0 bridgehead atoms. The van der Waals surface area contributed by atoms with Crippen LogP contribution in [0.15, 0.2) is 109 Å². The lowest BCUT2D eigenvalue weighted by Gasteiger charge is -2.27. The van der Waals surface area contributed by atoms with E-state index >= 15 is 0 Å². The average Bonchev–Trinajstić information content (AvgIpc) is 3.38. The number of likely N-dealkylation sites (N-methyl/N-ethyl adjacent to an activating group) is 1. The van der Waals surface area contributed by atoms with E-state index in [2.05, 4.69) is 123 Å². The molecule has 0 aromatic rings. The van der Waals surface area contributed by atoms with E-state index in [1.807, 2.05) is 33.3 Å². The Balaban J connectivity index is 5.20. The summed E-state index contributed by atoms with van der Waals surface area (Å²) in [4.78, 5) is 37.6. The van der Waals surface area contributed by atoms with Gasteiger partial charge in [-0.1, -0.05) is 233 Å². The number of hydrogen-bond acceptors (Lipinski definition) is 6. The van der Waals surface area contributed by atoms with Crippen LogP contribution in [0.2, 0.25) is 0 Å². The minimum atomic E-state index is -4.46. The topological polar surface area (TPSA) is 111 Å². The number of allylic oxidation sites excluding steroid dienone is 17. The van der Waals surface area contributed by atoms with Gasteiger partial charge >= 0.3 is 13.8 Å². The molecule has 0 aliphatic heterocycles. The summed E-state index contributed by atoms with van der Waals surface area (Å²) >= 11 is 0. The van der Waals surface area contributed by atoms with Crippen molar-refractivity contribution in [2.45, 2.75) is 258 Å². The van der Waals surface area contributed by atoms with E-state index in [1.165, 1.54) is 64.2 Å². The van der Waals surface area contributed by atoms with Crippen molar-refractivity contribution in [3.63, 3.8) is 0 Å². The fourth-order valence-corrected chi connectivity index (χ4v) is 9.01. The number of carbonyl (C=O) groups is 2. The van der Waals surface area contributed by atoms with E-state index in [1.54, 1.807) is 0 Å². The molecule has 76 heavy (non-hydrogen) atoms. The molecule has 0 rings (SSSR count). The largest absolute Gasteiger partial charge is 0.472 e. The second-order valence-electron chi connectivity index (χ2n) is 21.5. The van der Waals surface area contributed by atoms with Gasteiger partial charge in [-0.05, 0) is 109 Å². The van der Waals surface area contributed by atoms with Crippen LogP contribution < -0.4 is 5.32 Å². The molecule has 0 aliphatic carbocycles. The first kappa shape index (κ1) is 72.7. The molecule has 1 amide bonds. The van der Waals surface area contributed by atoms with Crippen molar-refractivity contribution in [3.05, 3.63) is 109 Å². The molecule has 9 nitrogen and oxygen atoms in total. The second kappa shape index (κ2) is 55.0. The molecule has 2 N–H and O–H groups in total. The number of nitrogens with one attached hydrogen (secondary N) is 1. The fraction of sp³-hybridized carbons (Fsp3) is 0.697. The van der Waals surface area contributed by atoms with E-state index < -0.39 is 20.0 Å². The lowest BCUT2D eigenvalue weighted by Crippen LogP contribution is -2.47. The number of nitrogens with zero attached hydrogens (tertiary/aromatic N) is 1. The average molecular weight is 1080 g/mol. The van der Waals surface area contributed by atoms with Crippen molar-refractivity contribution >= 4 is 19.7 Å². The van der Waals surface area contributed by atoms with Crippen molar-refractivity contribution in [1.29, 1.82) is 0 Å². The predicted octanol–water partition coefficient (Wildman–Crippen LogP) is 18.9. The quantitative estimate of drug-likeness (QED) is 0.0205. The number of esters is 1. The summed E-state index contributed by atoms with van der Waals surface area (Å²) in [6.07, 6.45) is 75.2. The van der Waals surface area contributed by atoms with Crippen LogP contribution in [-0.4, -0.2) is 74.3 Å². The van der Waals surface area contributed by atoms with E-state index in [4.69, 9.17) is 13.8 Å². The lowest BCUT2D eigenvalue weighted by molar-refractivity contribution is -0.870. The summed E-state index contributed by atoms with van der Waals surface area (Å²) in [5, 5.41) is 3.04. The molecule has 3 atom stereocenters. The summed E-state index contributed by atoms with van der Waals surface area (Å²) < 4.78 is 30.6. The van der Waals surface area contributed by atoms with Crippen LogP contribution in [-0.2, 0) is 27.9 Å². The van der Waals surface area contributed by atoms with Crippen LogP contribution in [0.1, 0.15) is 245 Å². The first-order valence-corrected chi connectivity index (χ1v) is 32.2. The maximum Gasteiger partial charge on any atom is 0.472 e. The molecule has 10 heteroatoms. The highest BCUT2D eigenvalue weighted by Gasteiger charge is 2.30. The van der Waals surface area contributed by atoms with Crippen molar-refractivity contribution in [3.8, 4) is 0 Å². The maximum atomic E-state index is 13.5. The summed E-state index contributed by atoms with van der Waals surface area (Å²) in [5.74, 6) is -0.539. The van der Waals surface area contributed by atoms with Gasteiger partial charge in [0.15, 0.2) is 0 Å². The fourth-order valence-electron chi connectivity index (χ4n) is 8.27. The highest BCUT2D eigenvalue weighted by atomic mass is 31.2. The van der Waals surface area contributed by atoms with E-state index in [0.29, 0.717) is 23.9 Å². The maximum absolute atomic E-state index is 13.5. The van der Waals surface area contributed by atoms with Crippen molar-refractivity contribution in [2.24, 2.45) is 0 Å². The third kappa shape index (κ3) is 55.4. The van der Waals surface area contributed by atoms with E-state index in [9.17, 15) is 19.0 Å². The normalized spacial score (nSPS) is 14.5. The van der Waals surface area contributed by atoms with Gasteiger partial charge in [-0.3, -0.25) is 18.6 Å². The van der Waals surface area contributed by atoms with Crippen molar-refractivity contribution < 1.29 is 37.3 Å². The molecule has 436 valence electrons. The van der Waals surface area contributed by atoms with Gasteiger partial charge < -0.3 is 19.4 Å². The van der Waals surface area contributed by atoms with Gasteiger partial charge in [0.2, 0.25) is 5.91 Å². The number of phosphoric ester groups is 1. The Bertz CT molecular complexity index is 1670. The smallest absolute Gasteiger partial charge is 0.456 e. The molecule has 0 radical (unpaired) electrons. The summed E-state index contributed by atoms with van der Waals surface area (Å²) in [7, 11) is 1.47. The van der Waals surface area contributed by atoms with Crippen LogP contribution in [0.5, 0.6) is 0 Å². The van der Waals surface area contributed by atoms with Gasteiger partial charge in [0.05, 0.1) is 33.8 Å². The van der Waals surface area contributed by atoms with E-state index in [-0.39, 0.29) is 31.5 Å². The number of carbonyl (C=O) groups excluding carboxylic acids is 2. The number of unbranched alkanes of at least 4 members (excludes halogenated alkanes) is 22. The Hall–Kier alpha value is -3.33. The molecular weight excluding hydrogens is 964 g/mol. The number of phosphoric acid groups is 1. The first-order valence-electron chi connectivity index (χ1n) is 30.7. The standard InChI is InChI=1S/C66H115N2O7P/c1-7-10-13-16-19-22-25-27-29-30-31-32-33-34-35-36-37-38-39-41-44-47-50-53-56-59-66(70)75-64(57-54-51-48-45-42-24-21-18-15-12-9-3)63(62-74-76(71,72)73-61-60-68(4,5)6)67-65(69)58-55-52-49-46-43-40-28-26-23-20-17-14-11-8-2/h10-11,13-14,19-20,22-23,27,29,31-32,34-35,37-38,54,57,63-64H,7-9,12,15-18,21,24-26,28,30,33,36,39-53,55-56,58-62H2,1-6H3,(H-,67,69,71,72)/p+1/b13-10-,14-11+,22-19-,23-20+,29-27-,32-31-,35-34-,38-37-,57-54-. The number of amides is 1. The molecule has 0 saturated carbocycles. The number of hydrogen-bond donors (Lipinski definition) is 2. The monoisotopic (exact) mass is 1080 g/mol. The molecule has 0 spiro atoms. The van der Waals surface area contributed by atoms with Crippen LogP contribution in [0.3, 0.4) is 0 Å². The molecular formula is C66H116N2O7P+. The lowest BCUT2D eigenvalue weighted by atomic mass is 10.1.